The van der Waals surface area contributed by atoms with E-state index in [2.05, 4.69) is 9.55 Å². The number of imidazole rings is 1. The molecule has 246 valence electrons. The molecule has 5 rings (SSSR count). The molecular formula is C35H46N6O5. The molecule has 11 heteroatoms. The molecule has 0 radical (unpaired) electrons. The summed E-state index contributed by atoms with van der Waals surface area (Å²) in [4.78, 5) is 39.2. The number of para-hydroxylation sites is 1. The lowest BCUT2D eigenvalue weighted by atomic mass is 10.1. The molecule has 0 spiro atoms. The Kier molecular flexibility index (Phi) is 11.4. The first-order valence-electron chi connectivity index (χ1n) is 16.3. The average Bonchev–Trinajstić information content (AvgIpc) is 3.71. The van der Waals surface area contributed by atoms with Crippen molar-refractivity contribution in [3.8, 4) is 5.75 Å². The van der Waals surface area contributed by atoms with Crippen molar-refractivity contribution in [3.05, 3.63) is 59.9 Å². The van der Waals surface area contributed by atoms with Crippen molar-refractivity contribution in [1.82, 2.24) is 24.3 Å². The number of carbonyl (C=O) groups is 2. The minimum absolute atomic E-state index is 0.00682. The zero-order valence-corrected chi connectivity index (χ0v) is 27.2. The standard InChI is InChI=1S/C35H46N6O5/c1-4-39(2)23-31(42)40(22-25-11-9-14-27(21-25)45-24-32(43)46-26-12-5-6-13-26)18-10-19-41-30(17-20-44-3)38-33-34(41)28-15-7-8-16-29(28)37-35(33)36/h7-9,11,14-16,21,26H,4-6,10,12-13,17-20,22-24H2,1-3H3,(H2,36,37). The number of rotatable bonds is 16. The Morgan fingerprint density at radius 1 is 1.09 bits per heavy atom. The van der Waals surface area contributed by atoms with E-state index in [-0.39, 0.29) is 24.6 Å². The van der Waals surface area contributed by atoms with Gasteiger partial charge >= 0.3 is 5.97 Å². The largest absolute Gasteiger partial charge is 0.482 e. The highest BCUT2D eigenvalue weighted by Crippen LogP contribution is 2.29. The van der Waals surface area contributed by atoms with Gasteiger partial charge in [-0.15, -0.1) is 0 Å². The summed E-state index contributed by atoms with van der Waals surface area (Å²) in [5.41, 5.74) is 9.75. The highest BCUT2D eigenvalue weighted by molar-refractivity contribution is 6.06. The fourth-order valence-corrected chi connectivity index (χ4v) is 6.01. The number of carbonyl (C=O) groups excluding carboxylic acids is 2. The molecule has 0 aliphatic heterocycles. The number of anilines is 1. The van der Waals surface area contributed by atoms with Crippen LogP contribution in [-0.4, -0.2) is 89.3 Å². The molecule has 1 amide bonds. The Morgan fingerprint density at radius 3 is 2.67 bits per heavy atom. The van der Waals surface area contributed by atoms with Gasteiger partial charge in [0, 0.05) is 38.6 Å². The number of ether oxygens (including phenoxy) is 3. The number of hydrogen-bond acceptors (Lipinski definition) is 9. The first-order valence-corrected chi connectivity index (χ1v) is 16.3. The number of hydrogen-bond donors (Lipinski definition) is 1. The number of amides is 1. The Balaban J connectivity index is 1.31. The summed E-state index contributed by atoms with van der Waals surface area (Å²) in [7, 11) is 3.62. The smallest absolute Gasteiger partial charge is 0.344 e. The number of benzene rings is 2. The number of pyridine rings is 1. The highest BCUT2D eigenvalue weighted by atomic mass is 16.6. The van der Waals surface area contributed by atoms with Gasteiger partial charge in [-0.25, -0.2) is 14.8 Å². The predicted molar refractivity (Wildman–Crippen MR) is 179 cm³/mol. The number of nitrogens with zero attached hydrogens (tertiary/aromatic N) is 5. The van der Waals surface area contributed by atoms with Crippen LogP contribution >= 0.6 is 0 Å². The molecule has 2 N–H and O–H groups in total. The van der Waals surface area contributed by atoms with Crippen LogP contribution in [0.1, 0.15) is 50.4 Å². The number of methoxy groups -OCH3 is 1. The summed E-state index contributed by atoms with van der Waals surface area (Å²) in [6.45, 7) is 5.11. The molecule has 2 heterocycles. The van der Waals surface area contributed by atoms with Gasteiger partial charge in [0.2, 0.25) is 5.91 Å². The second-order valence-corrected chi connectivity index (χ2v) is 12.0. The van der Waals surface area contributed by atoms with Gasteiger partial charge in [-0.2, -0.15) is 0 Å². The first-order chi connectivity index (χ1) is 22.4. The van der Waals surface area contributed by atoms with Gasteiger partial charge in [-0.05, 0) is 69.5 Å². The lowest BCUT2D eigenvalue weighted by molar-refractivity contribution is -0.151. The van der Waals surface area contributed by atoms with Crippen molar-refractivity contribution in [2.45, 2.75) is 64.6 Å². The number of fused-ring (bicyclic) bond motifs is 3. The van der Waals surface area contributed by atoms with Crippen LogP contribution in [0.5, 0.6) is 5.75 Å². The molecular weight excluding hydrogens is 584 g/mol. The van der Waals surface area contributed by atoms with E-state index >= 15 is 0 Å². The summed E-state index contributed by atoms with van der Waals surface area (Å²) < 4.78 is 18.9. The number of nitrogen functional groups attached to an aromatic ring is 1. The fourth-order valence-electron chi connectivity index (χ4n) is 6.01. The lowest BCUT2D eigenvalue weighted by Crippen LogP contribution is -2.39. The van der Waals surface area contributed by atoms with E-state index in [0.717, 1.165) is 60.0 Å². The maximum Gasteiger partial charge on any atom is 0.344 e. The molecule has 4 aromatic rings. The molecule has 0 atom stereocenters. The van der Waals surface area contributed by atoms with Crippen LogP contribution in [0.4, 0.5) is 5.82 Å². The molecule has 0 saturated heterocycles. The third-order valence-corrected chi connectivity index (χ3v) is 8.56. The molecule has 2 aromatic heterocycles. The van der Waals surface area contributed by atoms with Gasteiger partial charge in [-0.1, -0.05) is 37.3 Å². The quantitative estimate of drug-likeness (QED) is 0.177. The van der Waals surface area contributed by atoms with Crippen LogP contribution in [0, 0.1) is 0 Å². The molecule has 1 fully saturated rings. The van der Waals surface area contributed by atoms with E-state index in [1.54, 1.807) is 7.11 Å². The van der Waals surface area contributed by atoms with Crippen LogP contribution < -0.4 is 10.5 Å². The normalized spacial score (nSPS) is 13.6. The van der Waals surface area contributed by atoms with Gasteiger partial charge in [0.1, 0.15) is 23.2 Å². The number of aromatic nitrogens is 3. The maximum atomic E-state index is 13.5. The molecule has 0 unspecified atom stereocenters. The second kappa shape index (κ2) is 15.9. The zero-order valence-electron chi connectivity index (χ0n) is 27.2. The van der Waals surface area contributed by atoms with Crippen molar-refractivity contribution in [1.29, 1.82) is 0 Å². The van der Waals surface area contributed by atoms with Gasteiger partial charge in [0.25, 0.3) is 0 Å². The molecule has 1 aliphatic rings. The minimum atomic E-state index is -0.348. The van der Waals surface area contributed by atoms with Gasteiger partial charge in [-0.3, -0.25) is 9.69 Å². The third kappa shape index (κ3) is 8.32. The monoisotopic (exact) mass is 630 g/mol. The zero-order chi connectivity index (χ0) is 32.5. The number of nitrogens with two attached hydrogens (primary N) is 1. The van der Waals surface area contributed by atoms with E-state index in [0.29, 0.717) is 62.7 Å². The molecule has 1 saturated carbocycles. The Bertz CT molecular complexity index is 1630. The summed E-state index contributed by atoms with van der Waals surface area (Å²) in [5, 5.41) is 0.990. The van der Waals surface area contributed by atoms with Crippen LogP contribution in [0.15, 0.2) is 48.5 Å². The highest BCUT2D eigenvalue weighted by Gasteiger charge is 2.21. The Morgan fingerprint density at radius 2 is 1.89 bits per heavy atom. The van der Waals surface area contributed by atoms with E-state index < -0.39 is 0 Å². The first kappa shape index (κ1) is 33.2. The molecule has 11 nitrogen and oxygen atoms in total. The Hall–Kier alpha value is -4.22. The molecule has 46 heavy (non-hydrogen) atoms. The summed E-state index contributed by atoms with van der Waals surface area (Å²) in [6, 6.07) is 15.5. The minimum Gasteiger partial charge on any atom is -0.482 e. The van der Waals surface area contributed by atoms with Crippen molar-refractivity contribution in [3.63, 3.8) is 0 Å². The van der Waals surface area contributed by atoms with Crippen LogP contribution in [0.3, 0.4) is 0 Å². The van der Waals surface area contributed by atoms with Gasteiger partial charge < -0.3 is 29.4 Å². The van der Waals surface area contributed by atoms with E-state index in [1.807, 2.05) is 72.3 Å². The molecule has 0 bridgehead atoms. The number of likely N-dealkylation sites (N-methyl/N-ethyl adjacent to an activating group) is 1. The van der Waals surface area contributed by atoms with E-state index in [9.17, 15) is 9.59 Å². The lowest BCUT2D eigenvalue weighted by Gasteiger charge is -2.26. The van der Waals surface area contributed by atoms with Crippen molar-refractivity contribution in [2.75, 3.05) is 52.7 Å². The van der Waals surface area contributed by atoms with Crippen LogP contribution in [0.25, 0.3) is 21.9 Å². The second-order valence-electron chi connectivity index (χ2n) is 12.0. The fraction of sp³-hybridized carbons (Fsp3) is 0.486. The van der Waals surface area contributed by atoms with Crippen molar-refractivity contribution in [2.24, 2.45) is 0 Å². The average molecular weight is 631 g/mol. The molecule has 2 aromatic carbocycles. The summed E-state index contributed by atoms with van der Waals surface area (Å²) in [6.07, 6.45) is 5.38. The predicted octanol–water partition coefficient (Wildman–Crippen LogP) is 4.59. The van der Waals surface area contributed by atoms with Gasteiger partial charge in [0.15, 0.2) is 12.4 Å². The third-order valence-electron chi connectivity index (χ3n) is 8.56. The topological polar surface area (TPSA) is 125 Å². The van der Waals surface area contributed by atoms with Crippen LogP contribution in [-0.2, 0) is 38.6 Å². The Labute approximate surface area is 270 Å². The van der Waals surface area contributed by atoms with Crippen molar-refractivity contribution < 1.29 is 23.8 Å². The van der Waals surface area contributed by atoms with Crippen molar-refractivity contribution >= 4 is 39.6 Å². The molecule has 1 aliphatic carbocycles. The number of esters is 1. The summed E-state index contributed by atoms with van der Waals surface area (Å²) >= 11 is 0. The SMILES string of the molecule is CCN(C)CC(=O)N(CCCn1c(CCOC)nc2c(N)nc3ccccc3c21)Cc1cccc(OCC(=O)OC2CCCC2)c1. The van der Waals surface area contributed by atoms with E-state index in [4.69, 9.17) is 24.9 Å². The number of aryl methyl sites for hydroxylation is 1. The van der Waals surface area contributed by atoms with Gasteiger partial charge in [0.05, 0.1) is 24.2 Å². The maximum absolute atomic E-state index is 13.5. The van der Waals surface area contributed by atoms with Crippen LogP contribution in [0.2, 0.25) is 0 Å². The summed E-state index contributed by atoms with van der Waals surface area (Å²) in [5.74, 6) is 1.55. The van der Waals surface area contributed by atoms with E-state index in [1.165, 1.54) is 0 Å².